The highest BCUT2D eigenvalue weighted by Crippen LogP contribution is 2.37. The SMILES string of the molecule is CCN(CC)CCN(C)C(=O)c1ccc(-c2cnc(N)c(OC(C)c3c(Cl)ccc(F)c3Cl)c2)cc1. The normalized spacial score (nSPS) is 12.0. The van der Waals surface area contributed by atoms with Gasteiger partial charge in [0.15, 0.2) is 11.6 Å². The number of nitrogen functional groups attached to an aromatic ring is 1. The zero-order chi connectivity index (χ0) is 26.4. The maximum Gasteiger partial charge on any atom is 0.253 e. The first-order chi connectivity index (χ1) is 17.2. The van der Waals surface area contributed by atoms with Crippen molar-refractivity contribution in [1.82, 2.24) is 14.8 Å². The van der Waals surface area contributed by atoms with Crippen LogP contribution in [0.15, 0.2) is 48.7 Å². The summed E-state index contributed by atoms with van der Waals surface area (Å²) in [5.74, 6) is -0.130. The zero-order valence-corrected chi connectivity index (χ0v) is 22.4. The quantitative estimate of drug-likeness (QED) is 0.309. The number of amides is 1. The summed E-state index contributed by atoms with van der Waals surface area (Å²) in [6.07, 6.45) is 0.953. The number of aromatic nitrogens is 1. The minimum atomic E-state index is -0.674. The molecule has 0 bridgehead atoms. The molecule has 9 heteroatoms. The fraction of sp³-hybridized carbons (Fsp3) is 0.333. The molecule has 6 nitrogen and oxygen atoms in total. The third kappa shape index (κ3) is 6.46. The monoisotopic (exact) mass is 532 g/mol. The Hall–Kier alpha value is -2.87. The number of benzene rings is 2. The number of nitrogens with two attached hydrogens (primary N) is 1. The first-order valence-electron chi connectivity index (χ1n) is 11.8. The van der Waals surface area contributed by atoms with Gasteiger partial charge in [-0.05, 0) is 55.9 Å². The Kier molecular flexibility index (Phi) is 9.54. The van der Waals surface area contributed by atoms with Crippen molar-refractivity contribution in [3.8, 4) is 16.9 Å². The van der Waals surface area contributed by atoms with E-state index in [0.29, 0.717) is 28.4 Å². The Morgan fingerprint density at radius 3 is 2.39 bits per heavy atom. The molecule has 1 amide bonds. The van der Waals surface area contributed by atoms with Gasteiger partial charge in [-0.3, -0.25) is 4.79 Å². The van der Waals surface area contributed by atoms with Crippen molar-refractivity contribution in [2.45, 2.75) is 26.9 Å². The number of rotatable bonds is 10. The van der Waals surface area contributed by atoms with Gasteiger partial charge >= 0.3 is 0 Å². The van der Waals surface area contributed by atoms with Crippen molar-refractivity contribution in [1.29, 1.82) is 0 Å². The van der Waals surface area contributed by atoms with Gasteiger partial charge in [0, 0.05) is 48.0 Å². The van der Waals surface area contributed by atoms with Crippen LogP contribution in [0.5, 0.6) is 5.75 Å². The molecule has 36 heavy (non-hydrogen) atoms. The van der Waals surface area contributed by atoms with E-state index in [0.717, 1.165) is 30.8 Å². The largest absolute Gasteiger partial charge is 0.482 e. The molecular weight excluding hydrogens is 502 g/mol. The number of carbonyl (C=O) groups excluding carboxylic acids is 1. The van der Waals surface area contributed by atoms with E-state index in [1.54, 1.807) is 36.2 Å². The molecule has 2 N–H and O–H groups in total. The van der Waals surface area contributed by atoms with Gasteiger partial charge in [0.2, 0.25) is 0 Å². The second-order valence-corrected chi connectivity index (χ2v) is 9.24. The van der Waals surface area contributed by atoms with Crippen LogP contribution in [0.1, 0.15) is 42.8 Å². The van der Waals surface area contributed by atoms with Crippen LogP contribution in [0.4, 0.5) is 10.2 Å². The number of pyridine rings is 1. The number of carbonyl (C=O) groups is 1. The van der Waals surface area contributed by atoms with Gasteiger partial charge in [-0.25, -0.2) is 9.37 Å². The van der Waals surface area contributed by atoms with Crippen LogP contribution in [0.3, 0.4) is 0 Å². The first-order valence-corrected chi connectivity index (χ1v) is 12.6. The van der Waals surface area contributed by atoms with Crippen LogP contribution < -0.4 is 10.5 Å². The number of nitrogens with zero attached hydrogens (tertiary/aromatic N) is 3. The van der Waals surface area contributed by atoms with Crippen molar-refractivity contribution >= 4 is 34.9 Å². The van der Waals surface area contributed by atoms with E-state index in [1.807, 2.05) is 19.2 Å². The minimum Gasteiger partial charge on any atom is -0.482 e. The number of halogens is 3. The van der Waals surface area contributed by atoms with Gasteiger partial charge < -0.3 is 20.3 Å². The van der Waals surface area contributed by atoms with Crippen molar-refractivity contribution in [2.75, 3.05) is 39.0 Å². The van der Waals surface area contributed by atoms with Crippen molar-refractivity contribution < 1.29 is 13.9 Å². The van der Waals surface area contributed by atoms with Gasteiger partial charge in [-0.15, -0.1) is 0 Å². The smallest absolute Gasteiger partial charge is 0.253 e. The van der Waals surface area contributed by atoms with E-state index in [4.69, 9.17) is 33.7 Å². The van der Waals surface area contributed by atoms with E-state index >= 15 is 0 Å². The van der Waals surface area contributed by atoms with Gasteiger partial charge in [-0.1, -0.05) is 49.2 Å². The third-order valence-corrected chi connectivity index (χ3v) is 6.84. The Bertz CT molecular complexity index is 1200. The van der Waals surface area contributed by atoms with Crippen molar-refractivity contribution in [3.05, 3.63) is 75.7 Å². The van der Waals surface area contributed by atoms with Crippen LogP contribution in [0, 0.1) is 5.82 Å². The summed E-state index contributed by atoms with van der Waals surface area (Å²) in [6.45, 7) is 9.32. The average molecular weight is 533 g/mol. The maximum atomic E-state index is 14.0. The van der Waals surface area contributed by atoms with Crippen LogP contribution in [0.2, 0.25) is 10.0 Å². The molecule has 1 heterocycles. The highest BCUT2D eigenvalue weighted by atomic mass is 35.5. The predicted molar refractivity (Wildman–Crippen MR) is 144 cm³/mol. The van der Waals surface area contributed by atoms with E-state index in [1.165, 1.54) is 12.1 Å². The molecule has 0 aliphatic heterocycles. The number of likely N-dealkylation sites (N-methyl/N-ethyl adjacent to an activating group) is 2. The summed E-state index contributed by atoms with van der Waals surface area (Å²) < 4.78 is 19.9. The standard InChI is InChI=1S/C27H31Cl2FN4O2/c1-5-34(6-2)14-13-33(4)27(35)19-9-7-18(8-10-19)20-15-23(26(31)32-16-20)36-17(3)24-21(28)11-12-22(30)25(24)29/h7-12,15-17H,5-6,13-14H2,1-4H3,(H2,31,32). The lowest BCUT2D eigenvalue weighted by Gasteiger charge is -2.23. The number of hydrogen-bond donors (Lipinski definition) is 1. The van der Waals surface area contributed by atoms with E-state index in [2.05, 4.69) is 23.7 Å². The third-order valence-electron chi connectivity index (χ3n) is 6.13. The number of anilines is 1. The second kappa shape index (κ2) is 12.4. The van der Waals surface area contributed by atoms with E-state index < -0.39 is 11.9 Å². The van der Waals surface area contributed by atoms with Crippen LogP contribution >= 0.6 is 23.2 Å². The molecular formula is C27H31Cl2FN4O2. The molecule has 2 aromatic carbocycles. The molecule has 0 fully saturated rings. The van der Waals surface area contributed by atoms with Gasteiger partial charge in [0.05, 0.1) is 5.02 Å². The van der Waals surface area contributed by atoms with Crippen LogP contribution in [0.25, 0.3) is 11.1 Å². The second-order valence-electron chi connectivity index (χ2n) is 8.46. The molecule has 0 saturated heterocycles. The van der Waals surface area contributed by atoms with E-state index in [9.17, 15) is 9.18 Å². The Labute approximate surface area is 221 Å². The topological polar surface area (TPSA) is 71.7 Å². The van der Waals surface area contributed by atoms with Crippen LogP contribution in [-0.4, -0.2) is 53.9 Å². The molecule has 192 valence electrons. The Morgan fingerprint density at radius 2 is 1.75 bits per heavy atom. The molecule has 1 unspecified atom stereocenters. The minimum absolute atomic E-state index is 0.0363. The molecule has 0 spiro atoms. The average Bonchev–Trinajstić information content (AvgIpc) is 2.88. The highest BCUT2D eigenvalue weighted by Gasteiger charge is 2.20. The summed E-state index contributed by atoms with van der Waals surface area (Å²) in [5, 5.41) is 0.193. The fourth-order valence-corrected chi connectivity index (χ4v) is 4.51. The molecule has 3 aromatic rings. The predicted octanol–water partition coefficient (Wildman–Crippen LogP) is 6.33. The molecule has 0 saturated carbocycles. The van der Waals surface area contributed by atoms with Gasteiger partial charge in [-0.2, -0.15) is 0 Å². The molecule has 0 radical (unpaired) electrons. The zero-order valence-electron chi connectivity index (χ0n) is 20.9. The first kappa shape index (κ1) is 27.7. The molecule has 0 aliphatic carbocycles. The summed E-state index contributed by atoms with van der Waals surface area (Å²) in [7, 11) is 1.81. The molecule has 0 aliphatic rings. The van der Waals surface area contributed by atoms with Gasteiger partial charge in [0.1, 0.15) is 11.9 Å². The lowest BCUT2D eigenvalue weighted by atomic mass is 10.0. The lowest BCUT2D eigenvalue weighted by Crippen LogP contribution is -2.36. The number of hydrogen-bond acceptors (Lipinski definition) is 5. The molecule has 3 rings (SSSR count). The molecule has 1 aromatic heterocycles. The number of ether oxygens (including phenoxy) is 1. The lowest BCUT2D eigenvalue weighted by molar-refractivity contribution is 0.0780. The summed E-state index contributed by atoms with van der Waals surface area (Å²) in [4.78, 5) is 21.1. The Morgan fingerprint density at radius 1 is 1.08 bits per heavy atom. The summed E-state index contributed by atoms with van der Waals surface area (Å²) in [6, 6.07) is 11.7. The summed E-state index contributed by atoms with van der Waals surface area (Å²) in [5.41, 5.74) is 8.55. The summed E-state index contributed by atoms with van der Waals surface area (Å²) >= 11 is 12.4. The Balaban J connectivity index is 1.76. The van der Waals surface area contributed by atoms with Crippen molar-refractivity contribution in [2.24, 2.45) is 0 Å². The molecule has 1 atom stereocenters. The van der Waals surface area contributed by atoms with Gasteiger partial charge in [0.25, 0.3) is 5.91 Å². The maximum absolute atomic E-state index is 14.0. The fourth-order valence-electron chi connectivity index (χ4n) is 3.83. The van der Waals surface area contributed by atoms with Crippen LogP contribution in [-0.2, 0) is 0 Å². The highest BCUT2D eigenvalue weighted by molar-refractivity contribution is 6.36. The van der Waals surface area contributed by atoms with E-state index in [-0.39, 0.29) is 16.7 Å². The van der Waals surface area contributed by atoms with Crippen molar-refractivity contribution in [3.63, 3.8) is 0 Å².